The van der Waals surface area contributed by atoms with Crippen molar-refractivity contribution in [1.82, 2.24) is 4.98 Å². The van der Waals surface area contributed by atoms with Crippen LogP contribution >= 0.6 is 15.9 Å². The number of carbonyl (C=O) groups is 1. The molecule has 1 amide bonds. The molecule has 0 radical (unpaired) electrons. The lowest BCUT2D eigenvalue weighted by Crippen LogP contribution is -2.15. The van der Waals surface area contributed by atoms with Crippen LogP contribution in [0.25, 0.3) is 0 Å². The number of amides is 1. The first kappa shape index (κ1) is 20.0. The van der Waals surface area contributed by atoms with Crippen molar-refractivity contribution in [2.24, 2.45) is 0 Å². The summed E-state index contributed by atoms with van der Waals surface area (Å²) in [6.45, 7) is 3.73. The van der Waals surface area contributed by atoms with E-state index in [9.17, 15) is 4.79 Å². The van der Waals surface area contributed by atoms with Crippen LogP contribution in [0, 0.1) is 6.92 Å². The number of aromatic nitrogens is 1. The zero-order valence-corrected chi connectivity index (χ0v) is 17.5. The van der Waals surface area contributed by atoms with Crippen LogP contribution < -0.4 is 10.1 Å². The number of carbonyl (C=O) groups excluding carboxylic acids is 1. The summed E-state index contributed by atoms with van der Waals surface area (Å²) in [6.07, 6.45) is -0.117. The molecule has 1 unspecified atom stereocenters. The molecule has 0 aliphatic carbocycles. The van der Waals surface area contributed by atoms with Crippen LogP contribution in [0.3, 0.4) is 0 Å². The molecule has 3 aromatic rings. The Morgan fingerprint density at radius 2 is 1.61 bits per heavy atom. The summed E-state index contributed by atoms with van der Waals surface area (Å²) in [7, 11) is 1.63. The third-order valence-electron chi connectivity index (χ3n) is 4.28. The van der Waals surface area contributed by atoms with Gasteiger partial charge in [0.1, 0.15) is 11.5 Å². The molecule has 3 rings (SSSR count). The molecule has 28 heavy (non-hydrogen) atoms. The number of methoxy groups -OCH3 is 1. The Labute approximate surface area is 172 Å². The fourth-order valence-electron chi connectivity index (χ4n) is 2.61. The number of ether oxygens (including phenoxy) is 2. The molecule has 0 spiro atoms. The van der Waals surface area contributed by atoms with E-state index in [1.54, 1.807) is 25.3 Å². The zero-order valence-electron chi connectivity index (χ0n) is 15.9. The molecule has 0 aliphatic heterocycles. The van der Waals surface area contributed by atoms with Gasteiger partial charge in [-0.25, -0.2) is 0 Å². The molecule has 0 aliphatic rings. The first-order valence-corrected chi connectivity index (χ1v) is 9.60. The van der Waals surface area contributed by atoms with Gasteiger partial charge in [-0.3, -0.25) is 9.78 Å². The third-order valence-corrected chi connectivity index (χ3v) is 4.81. The van der Waals surface area contributed by atoms with E-state index < -0.39 is 0 Å². The number of pyridine rings is 1. The van der Waals surface area contributed by atoms with Gasteiger partial charge in [0, 0.05) is 17.3 Å². The van der Waals surface area contributed by atoms with Crippen molar-refractivity contribution in [3.05, 3.63) is 82.1 Å². The van der Waals surface area contributed by atoms with Gasteiger partial charge in [-0.05, 0) is 74.5 Å². The van der Waals surface area contributed by atoms with Gasteiger partial charge in [-0.2, -0.15) is 0 Å². The minimum Gasteiger partial charge on any atom is -0.457 e. The van der Waals surface area contributed by atoms with Crippen LogP contribution in [0.1, 0.15) is 34.8 Å². The molecular formula is C22H21BrN2O3. The highest BCUT2D eigenvalue weighted by Crippen LogP contribution is 2.25. The van der Waals surface area contributed by atoms with Crippen molar-refractivity contribution in [2.45, 2.75) is 20.0 Å². The first-order chi connectivity index (χ1) is 13.5. The van der Waals surface area contributed by atoms with Crippen molar-refractivity contribution < 1.29 is 14.3 Å². The SMILES string of the molecule is COC(C)c1ccc(C(=O)Nc2ccc(Oc3ccc(Br)cc3)cc2)c(C)n1. The number of nitrogens with zero attached hydrogens (tertiary/aromatic N) is 1. The van der Waals surface area contributed by atoms with E-state index in [-0.39, 0.29) is 12.0 Å². The van der Waals surface area contributed by atoms with E-state index >= 15 is 0 Å². The van der Waals surface area contributed by atoms with Gasteiger partial charge >= 0.3 is 0 Å². The van der Waals surface area contributed by atoms with Gasteiger partial charge in [0.2, 0.25) is 0 Å². The lowest BCUT2D eigenvalue weighted by atomic mass is 10.1. The van der Waals surface area contributed by atoms with Crippen molar-refractivity contribution in [3.63, 3.8) is 0 Å². The highest BCUT2D eigenvalue weighted by Gasteiger charge is 2.13. The van der Waals surface area contributed by atoms with E-state index in [0.717, 1.165) is 15.9 Å². The minimum absolute atomic E-state index is 0.117. The number of aryl methyl sites for hydroxylation is 1. The van der Waals surface area contributed by atoms with Crippen LogP contribution in [0.5, 0.6) is 11.5 Å². The Morgan fingerprint density at radius 3 is 2.18 bits per heavy atom. The van der Waals surface area contributed by atoms with Crippen molar-refractivity contribution in [3.8, 4) is 11.5 Å². The maximum Gasteiger partial charge on any atom is 0.257 e. The molecular weight excluding hydrogens is 420 g/mol. The van der Waals surface area contributed by atoms with Crippen LogP contribution in [-0.4, -0.2) is 18.0 Å². The van der Waals surface area contributed by atoms with Crippen molar-refractivity contribution in [1.29, 1.82) is 0 Å². The maximum absolute atomic E-state index is 12.6. The predicted molar refractivity (Wildman–Crippen MR) is 113 cm³/mol. The lowest BCUT2D eigenvalue weighted by Gasteiger charge is -2.12. The smallest absolute Gasteiger partial charge is 0.257 e. The molecule has 1 heterocycles. The second kappa shape index (κ2) is 8.99. The Kier molecular flexibility index (Phi) is 6.44. The summed E-state index contributed by atoms with van der Waals surface area (Å²) in [4.78, 5) is 17.0. The highest BCUT2D eigenvalue weighted by atomic mass is 79.9. The van der Waals surface area contributed by atoms with Gasteiger partial charge in [0.05, 0.1) is 23.1 Å². The number of hydrogen-bond donors (Lipinski definition) is 1. The standard InChI is InChI=1S/C22H21BrN2O3/c1-14-20(12-13-21(24-14)15(2)27-3)22(26)25-17-6-10-19(11-7-17)28-18-8-4-16(23)5-9-18/h4-13,15H,1-3H3,(H,25,26). The van der Waals surface area contributed by atoms with Gasteiger partial charge < -0.3 is 14.8 Å². The van der Waals surface area contributed by atoms with Crippen LogP contribution in [0.4, 0.5) is 5.69 Å². The van der Waals surface area contributed by atoms with Crippen LogP contribution in [-0.2, 0) is 4.74 Å². The second-order valence-electron chi connectivity index (χ2n) is 6.28. The summed E-state index contributed by atoms with van der Waals surface area (Å²) in [5.74, 6) is 1.23. The molecule has 1 atom stereocenters. The van der Waals surface area contributed by atoms with Crippen LogP contribution in [0.15, 0.2) is 65.1 Å². The number of halogens is 1. The molecule has 6 heteroatoms. The van der Waals surface area contributed by atoms with E-state index in [1.807, 2.05) is 56.3 Å². The average Bonchev–Trinajstić information content (AvgIpc) is 2.70. The number of hydrogen-bond acceptors (Lipinski definition) is 4. The number of nitrogens with one attached hydrogen (secondary N) is 1. The molecule has 1 N–H and O–H groups in total. The molecule has 0 saturated carbocycles. The van der Waals surface area contributed by atoms with E-state index in [2.05, 4.69) is 26.2 Å². The minimum atomic E-state index is -0.205. The van der Waals surface area contributed by atoms with Crippen molar-refractivity contribution >= 4 is 27.5 Å². The number of benzene rings is 2. The Bertz CT molecular complexity index is 957. The topological polar surface area (TPSA) is 60.5 Å². The fourth-order valence-corrected chi connectivity index (χ4v) is 2.88. The molecule has 0 fully saturated rings. The normalized spacial score (nSPS) is 11.7. The second-order valence-corrected chi connectivity index (χ2v) is 7.20. The summed E-state index contributed by atoms with van der Waals surface area (Å²) >= 11 is 3.40. The number of rotatable bonds is 6. The molecule has 2 aromatic carbocycles. The Balaban J connectivity index is 1.66. The predicted octanol–water partition coefficient (Wildman–Crippen LogP) is 5.90. The van der Waals surface area contributed by atoms with E-state index in [0.29, 0.717) is 22.7 Å². The summed E-state index contributed by atoms with van der Waals surface area (Å²) < 4.78 is 12.1. The summed E-state index contributed by atoms with van der Waals surface area (Å²) in [5.41, 5.74) is 2.67. The Hall–Kier alpha value is -2.70. The molecule has 1 aromatic heterocycles. The summed E-state index contributed by atoms with van der Waals surface area (Å²) in [5, 5.41) is 2.89. The lowest BCUT2D eigenvalue weighted by molar-refractivity contribution is 0.102. The number of anilines is 1. The monoisotopic (exact) mass is 440 g/mol. The molecule has 5 nitrogen and oxygen atoms in total. The Morgan fingerprint density at radius 1 is 1.00 bits per heavy atom. The van der Waals surface area contributed by atoms with Gasteiger partial charge in [-0.1, -0.05) is 15.9 Å². The quantitative estimate of drug-likeness (QED) is 0.517. The average molecular weight is 441 g/mol. The van der Waals surface area contributed by atoms with Crippen LogP contribution in [0.2, 0.25) is 0 Å². The first-order valence-electron chi connectivity index (χ1n) is 8.81. The molecule has 0 saturated heterocycles. The van der Waals surface area contributed by atoms with Gasteiger partial charge in [0.15, 0.2) is 0 Å². The summed E-state index contributed by atoms with van der Waals surface area (Å²) in [6, 6.07) is 18.4. The molecule has 144 valence electrons. The van der Waals surface area contributed by atoms with Crippen molar-refractivity contribution in [2.75, 3.05) is 12.4 Å². The molecule has 0 bridgehead atoms. The highest BCUT2D eigenvalue weighted by molar-refractivity contribution is 9.10. The fraction of sp³-hybridized carbons (Fsp3) is 0.182. The van der Waals surface area contributed by atoms with E-state index in [1.165, 1.54) is 0 Å². The third kappa shape index (κ3) is 4.97. The van der Waals surface area contributed by atoms with Gasteiger partial charge in [0.25, 0.3) is 5.91 Å². The zero-order chi connectivity index (χ0) is 20.1. The largest absolute Gasteiger partial charge is 0.457 e. The van der Waals surface area contributed by atoms with Gasteiger partial charge in [-0.15, -0.1) is 0 Å². The maximum atomic E-state index is 12.6. The van der Waals surface area contributed by atoms with E-state index in [4.69, 9.17) is 9.47 Å².